The molecule has 1 aromatic carbocycles. The Labute approximate surface area is 107 Å². The van der Waals surface area contributed by atoms with Crippen LogP contribution in [0.15, 0.2) is 23.4 Å². The Morgan fingerprint density at radius 3 is 2.89 bits per heavy atom. The minimum absolute atomic E-state index is 0.335. The van der Waals surface area contributed by atoms with Gasteiger partial charge in [0.2, 0.25) is 0 Å². The maximum absolute atomic E-state index is 13.3. The molecule has 0 spiro atoms. The van der Waals surface area contributed by atoms with Crippen molar-refractivity contribution in [2.45, 2.75) is 18.2 Å². The van der Waals surface area contributed by atoms with E-state index in [9.17, 15) is 8.78 Å². The maximum Gasteiger partial charge on any atom is 0.168 e. The zero-order chi connectivity index (χ0) is 12.7. The topological polar surface area (TPSA) is 43.8 Å². The fourth-order valence-corrected chi connectivity index (χ4v) is 3.08. The van der Waals surface area contributed by atoms with E-state index in [1.807, 2.05) is 4.57 Å². The minimum atomic E-state index is -0.865. The summed E-state index contributed by atoms with van der Waals surface area (Å²) in [6.45, 7) is 1.20. The number of imidazole rings is 1. The molecule has 0 saturated heterocycles. The third kappa shape index (κ3) is 1.72. The van der Waals surface area contributed by atoms with E-state index in [1.165, 1.54) is 6.07 Å². The van der Waals surface area contributed by atoms with Crippen molar-refractivity contribution in [1.29, 1.82) is 0 Å². The molecule has 2 aromatic rings. The van der Waals surface area contributed by atoms with Gasteiger partial charge >= 0.3 is 0 Å². The number of halogens is 2. The highest BCUT2D eigenvalue weighted by molar-refractivity contribution is 7.99. The molecule has 3 rings (SSSR count). The Morgan fingerprint density at radius 2 is 2.17 bits per heavy atom. The highest BCUT2D eigenvalue weighted by Gasteiger charge is 2.22. The molecule has 0 saturated carbocycles. The summed E-state index contributed by atoms with van der Waals surface area (Å²) in [5, 5.41) is 0.898. The van der Waals surface area contributed by atoms with Crippen LogP contribution >= 0.6 is 11.8 Å². The van der Waals surface area contributed by atoms with Gasteiger partial charge in [-0.05, 0) is 18.2 Å². The van der Waals surface area contributed by atoms with Gasteiger partial charge in [-0.3, -0.25) is 0 Å². The standard InChI is InChI=1S/C12H11F2N3S/c13-8-2-1-7(5-9(8)14)11-10(6-15)17-3-4-18-12(17)16-11/h1-2,5H,3-4,6,15H2. The van der Waals surface area contributed by atoms with Crippen LogP contribution in [0.2, 0.25) is 0 Å². The Hall–Kier alpha value is -1.40. The molecular formula is C12H11F2N3S. The number of rotatable bonds is 2. The molecule has 0 amide bonds. The summed E-state index contributed by atoms with van der Waals surface area (Å²) < 4.78 is 28.2. The van der Waals surface area contributed by atoms with Crippen molar-refractivity contribution < 1.29 is 8.78 Å². The zero-order valence-corrected chi connectivity index (χ0v) is 10.3. The summed E-state index contributed by atoms with van der Waals surface area (Å²) >= 11 is 1.65. The molecule has 1 aliphatic heterocycles. The number of nitrogens with zero attached hydrogens (tertiary/aromatic N) is 2. The molecule has 1 aliphatic rings. The second-order valence-electron chi connectivity index (χ2n) is 4.02. The Morgan fingerprint density at radius 1 is 1.33 bits per heavy atom. The molecule has 0 fully saturated rings. The van der Waals surface area contributed by atoms with Crippen molar-refractivity contribution in [3.8, 4) is 11.3 Å². The minimum Gasteiger partial charge on any atom is -0.325 e. The van der Waals surface area contributed by atoms with E-state index >= 15 is 0 Å². The lowest BCUT2D eigenvalue weighted by molar-refractivity contribution is 0.509. The monoisotopic (exact) mass is 267 g/mol. The molecule has 18 heavy (non-hydrogen) atoms. The van der Waals surface area contributed by atoms with Gasteiger partial charge < -0.3 is 10.3 Å². The molecule has 2 N–H and O–H groups in total. The first-order valence-electron chi connectivity index (χ1n) is 5.58. The molecule has 0 atom stereocenters. The average Bonchev–Trinajstić information content (AvgIpc) is 2.92. The number of hydrogen-bond donors (Lipinski definition) is 1. The van der Waals surface area contributed by atoms with Crippen LogP contribution in [0.5, 0.6) is 0 Å². The van der Waals surface area contributed by atoms with E-state index < -0.39 is 11.6 Å². The normalized spacial score (nSPS) is 13.9. The van der Waals surface area contributed by atoms with Gasteiger partial charge in [0.1, 0.15) is 0 Å². The molecule has 0 unspecified atom stereocenters. The van der Waals surface area contributed by atoms with Crippen LogP contribution < -0.4 is 5.73 Å². The molecular weight excluding hydrogens is 256 g/mol. The molecule has 0 aliphatic carbocycles. The van der Waals surface area contributed by atoms with E-state index in [2.05, 4.69) is 4.98 Å². The third-order valence-electron chi connectivity index (χ3n) is 2.97. The summed E-state index contributed by atoms with van der Waals surface area (Å²) in [4.78, 5) is 4.46. The van der Waals surface area contributed by atoms with Crippen LogP contribution in [-0.4, -0.2) is 15.3 Å². The van der Waals surface area contributed by atoms with Gasteiger partial charge in [0, 0.05) is 24.4 Å². The smallest absolute Gasteiger partial charge is 0.168 e. The van der Waals surface area contributed by atoms with E-state index in [0.717, 1.165) is 35.3 Å². The summed E-state index contributed by atoms with van der Waals surface area (Å²) in [7, 11) is 0. The fourth-order valence-electron chi connectivity index (χ4n) is 2.11. The van der Waals surface area contributed by atoms with Crippen LogP contribution in [0, 0.1) is 11.6 Å². The van der Waals surface area contributed by atoms with Gasteiger partial charge in [-0.15, -0.1) is 0 Å². The summed E-state index contributed by atoms with van der Waals surface area (Å²) in [5.41, 5.74) is 7.83. The molecule has 1 aromatic heterocycles. The van der Waals surface area contributed by atoms with Crippen LogP contribution in [0.25, 0.3) is 11.3 Å². The first kappa shape index (κ1) is 11.7. The highest BCUT2D eigenvalue weighted by Crippen LogP contribution is 2.33. The number of nitrogens with two attached hydrogens (primary N) is 1. The maximum atomic E-state index is 13.3. The second kappa shape index (κ2) is 4.37. The summed E-state index contributed by atoms with van der Waals surface area (Å²) in [6, 6.07) is 3.81. The van der Waals surface area contributed by atoms with Crippen molar-refractivity contribution in [3.63, 3.8) is 0 Å². The third-order valence-corrected chi connectivity index (χ3v) is 3.93. The largest absolute Gasteiger partial charge is 0.325 e. The van der Waals surface area contributed by atoms with E-state index in [0.29, 0.717) is 17.8 Å². The van der Waals surface area contributed by atoms with Crippen LogP contribution in [-0.2, 0) is 13.1 Å². The van der Waals surface area contributed by atoms with Gasteiger partial charge in [0.05, 0.1) is 11.4 Å². The van der Waals surface area contributed by atoms with Crippen molar-refractivity contribution >= 4 is 11.8 Å². The number of fused-ring (bicyclic) bond motifs is 1. The molecule has 94 valence electrons. The zero-order valence-electron chi connectivity index (χ0n) is 9.49. The van der Waals surface area contributed by atoms with E-state index in [-0.39, 0.29) is 0 Å². The molecule has 2 heterocycles. The predicted molar refractivity (Wildman–Crippen MR) is 66.2 cm³/mol. The van der Waals surface area contributed by atoms with Crippen LogP contribution in [0.1, 0.15) is 5.69 Å². The van der Waals surface area contributed by atoms with Gasteiger partial charge in [-0.2, -0.15) is 0 Å². The highest BCUT2D eigenvalue weighted by atomic mass is 32.2. The number of aromatic nitrogens is 2. The Balaban J connectivity index is 2.14. The fraction of sp³-hybridized carbons (Fsp3) is 0.250. The van der Waals surface area contributed by atoms with Crippen molar-refractivity contribution in [1.82, 2.24) is 9.55 Å². The first-order valence-corrected chi connectivity index (χ1v) is 6.57. The Bertz CT molecular complexity index is 610. The van der Waals surface area contributed by atoms with Crippen LogP contribution in [0.3, 0.4) is 0 Å². The molecule has 3 nitrogen and oxygen atoms in total. The predicted octanol–water partition coefficient (Wildman–Crippen LogP) is 2.39. The SMILES string of the molecule is NCc1c(-c2ccc(F)c(F)c2)nc2n1CCS2. The Kier molecular flexibility index (Phi) is 2.83. The number of benzene rings is 1. The lowest BCUT2D eigenvalue weighted by atomic mass is 10.1. The second-order valence-corrected chi connectivity index (χ2v) is 5.08. The van der Waals surface area contributed by atoms with Crippen LogP contribution in [0.4, 0.5) is 8.78 Å². The quantitative estimate of drug-likeness (QED) is 0.908. The molecule has 0 bridgehead atoms. The number of thioether (sulfide) groups is 1. The first-order chi connectivity index (χ1) is 8.70. The lowest BCUT2D eigenvalue weighted by Gasteiger charge is -2.05. The van der Waals surface area contributed by atoms with Crippen molar-refractivity contribution in [2.24, 2.45) is 5.73 Å². The van der Waals surface area contributed by atoms with E-state index in [1.54, 1.807) is 11.8 Å². The molecule has 0 radical (unpaired) electrons. The molecule has 6 heteroatoms. The van der Waals surface area contributed by atoms with Gasteiger partial charge in [0.15, 0.2) is 16.8 Å². The van der Waals surface area contributed by atoms with Gasteiger partial charge in [-0.25, -0.2) is 13.8 Å². The summed E-state index contributed by atoms with van der Waals surface area (Å²) in [6.07, 6.45) is 0. The van der Waals surface area contributed by atoms with E-state index in [4.69, 9.17) is 5.73 Å². The van der Waals surface area contributed by atoms with Gasteiger partial charge in [-0.1, -0.05) is 11.8 Å². The average molecular weight is 267 g/mol. The van der Waals surface area contributed by atoms with Crippen molar-refractivity contribution in [3.05, 3.63) is 35.5 Å². The van der Waals surface area contributed by atoms with Gasteiger partial charge in [0.25, 0.3) is 0 Å². The van der Waals surface area contributed by atoms with Crippen molar-refractivity contribution in [2.75, 3.05) is 5.75 Å². The lowest BCUT2D eigenvalue weighted by Crippen LogP contribution is -2.07. The summed E-state index contributed by atoms with van der Waals surface area (Å²) in [5.74, 6) is -0.738. The number of hydrogen-bond acceptors (Lipinski definition) is 3.